The molecule has 12 atom stereocenters. The number of carboxylic acid groups (broad SMARTS) is 1. The normalized spacial score (nSPS) is 14.7. The quantitative estimate of drug-likeness (QED) is 0.0109. The molecule has 0 aliphatic rings. The lowest BCUT2D eigenvalue weighted by Crippen LogP contribution is -2.62. The first kappa shape index (κ1) is 88.2. The third-order valence-electron chi connectivity index (χ3n) is 15.9. The van der Waals surface area contributed by atoms with E-state index < -0.39 is 174 Å². The van der Waals surface area contributed by atoms with E-state index in [1.807, 2.05) is 0 Å². The molecule has 0 aliphatic carbocycles. The van der Waals surface area contributed by atoms with Crippen LogP contribution in [0.2, 0.25) is 0 Å². The van der Waals surface area contributed by atoms with E-state index in [1.165, 1.54) is 32.0 Å². The molecular formula is C65H105N23O14S2. The number of nitrogens with one attached hydrogen (secondary N) is 14. The fourth-order valence-corrected chi connectivity index (χ4v) is 10.6. The molecule has 0 radical (unpaired) electrons. The molecule has 0 spiro atoms. The van der Waals surface area contributed by atoms with Gasteiger partial charge in [-0.25, -0.2) is 14.8 Å². The van der Waals surface area contributed by atoms with E-state index in [-0.39, 0.29) is 93.8 Å². The molecule has 2 aromatic heterocycles. The second-order valence-corrected chi connectivity index (χ2v) is 26.9. The van der Waals surface area contributed by atoms with E-state index in [9.17, 15) is 67.4 Å². The first-order valence-corrected chi connectivity index (χ1v) is 35.2. The van der Waals surface area contributed by atoms with Crippen molar-refractivity contribution in [3.63, 3.8) is 0 Å². The van der Waals surface area contributed by atoms with Crippen molar-refractivity contribution in [2.45, 2.75) is 186 Å². The molecule has 3 rings (SSSR count). The smallest absolute Gasteiger partial charge is 0.327 e. The monoisotopic (exact) mass is 1500 g/mol. The van der Waals surface area contributed by atoms with Gasteiger partial charge in [0.15, 0.2) is 11.9 Å². The topological polar surface area (TPSA) is 599 Å². The highest BCUT2D eigenvalue weighted by atomic mass is 32.1. The Morgan fingerprint density at radius 2 is 0.846 bits per heavy atom. The summed E-state index contributed by atoms with van der Waals surface area (Å²) in [7, 11) is 0. The van der Waals surface area contributed by atoms with E-state index in [1.54, 1.807) is 85.7 Å². The Bertz CT molecular complexity index is 3370. The summed E-state index contributed by atoms with van der Waals surface area (Å²) in [6, 6.07) is -7.62. The molecule has 576 valence electrons. The number of amides is 12. The van der Waals surface area contributed by atoms with Crippen LogP contribution in [-0.4, -0.2) is 217 Å². The van der Waals surface area contributed by atoms with E-state index in [0.29, 0.717) is 17.0 Å². The van der Waals surface area contributed by atoms with Crippen LogP contribution in [0.1, 0.15) is 111 Å². The summed E-state index contributed by atoms with van der Waals surface area (Å²) in [5, 5.41) is 40.9. The van der Waals surface area contributed by atoms with Gasteiger partial charge in [-0.2, -0.15) is 25.3 Å². The summed E-state index contributed by atoms with van der Waals surface area (Å²) in [5.41, 5.74) is 29.3. The molecule has 12 amide bonds. The number of hydrogen-bond donors (Lipinski definition) is 22. The molecule has 0 bridgehead atoms. The second kappa shape index (κ2) is 45.1. The van der Waals surface area contributed by atoms with Gasteiger partial charge in [0, 0.05) is 67.6 Å². The van der Waals surface area contributed by atoms with E-state index in [2.05, 4.69) is 119 Å². The van der Waals surface area contributed by atoms with Crippen molar-refractivity contribution in [1.82, 2.24) is 83.7 Å². The van der Waals surface area contributed by atoms with Crippen molar-refractivity contribution in [2.24, 2.45) is 62.3 Å². The maximum Gasteiger partial charge on any atom is 0.327 e. The van der Waals surface area contributed by atoms with Crippen LogP contribution in [0.15, 0.2) is 65.4 Å². The number of aromatic nitrogens is 4. The Balaban J connectivity index is 1.91. The number of hydrogen-bond acceptors (Lipinski definition) is 20. The lowest BCUT2D eigenvalue weighted by Gasteiger charge is -2.30. The summed E-state index contributed by atoms with van der Waals surface area (Å²) in [6.45, 7) is 14.0. The van der Waals surface area contributed by atoms with Crippen LogP contribution in [0.4, 0.5) is 0 Å². The highest BCUT2D eigenvalue weighted by Gasteiger charge is 2.38. The van der Waals surface area contributed by atoms with Gasteiger partial charge in [0.1, 0.15) is 66.5 Å². The fourth-order valence-electron chi connectivity index (χ4n) is 10.1. The van der Waals surface area contributed by atoms with Crippen LogP contribution >= 0.6 is 25.3 Å². The highest BCUT2D eigenvalue weighted by molar-refractivity contribution is 7.80. The summed E-state index contributed by atoms with van der Waals surface area (Å²) >= 11 is 8.01. The molecule has 0 fully saturated rings. The summed E-state index contributed by atoms with van der Waals surface area (Å²) in [5.74, 6) is -14.2. The Kier molecular flexibility index (Phi) is 38.3. The number of aromatic amines is 2. The lowest BCUT2D eigenvalue weighted by atomic mass is 9.98. The van der Waals surface area contributed by atoms with Crippen molar-refractivity contribution in [3.8, 4) is 0 Å². The van der Waals surface area contributed by atoms with Crippen LogP contribution in [0, 0.1) is 23.7 Å². The second-order valence-electron chi connectivity index (χ2n) is 26.2. The average Bonchev–Trinajstić information content (AvgIpc) is 1.08. The maximum atomic E-state index is 14.8. The fraction of sp³-hybridized carbons (Fsp3) is 0.585. The number of benzene rings is 1. The van der Waals surface area contributed by atoms with Gasteiger partial charge in [-0.1, -0.05) is 85.7 Å². The van der Waals surface area contributed by atoms with Gasteiger partial charge >= 0.3 is 5.97 Å². The van der Waals surface area contributed by atoms with Crippen LogP contribution < -0.4 is 92.5 Å². The Morgan fingerprint density at radius 1 is 0.462 bits per heavy atom. The number of nitrogens with two attached hydrogens (primary N) is 5. The number of aliphatic carboxylic acids is 1. The molecule has 3 aromatic rings. The van der Waals surface area contributed by atoms with Crippen molar-refractivity contribution < 1.29 is 67.4 Å². The number of thiol groups is 2. The first-order chi connectivity index (χ1) is 49.0. The van der Waals surface area contributed by atoms with Crippen molar-refractivity contribution in [3.05, 3.63) is 72.3 Å². The number of guanidine groups is 2. The minimum atomic E-state index is -1.46. The molecule has 0 saturated heterocycles. The molecule has 25 N–H and O–H groups in total. The highest BCUT2D eigenvalue weighted by Crippen LogP contribution is 2.15. The van der Waals surface area contributed by atoms with E-state index >= 15 is 0 Å². The summed E-state index contributed by atoms with van der Waals surface area (Å²) in [4.78, 5) is 202. The van der Waals surface area contributed by atoms with E-state index in [4.69, 9.17) is 28.7 Å². The zero-order valence-electron chi connectivity index (χ0n) is 60.0. The van der Waals surface area contributed by atoms with E-state index in [0.717, 1.165) is 0 Å². The molecule has 0 saturated carbocycles. The lowest BCUT2D eigenvalue weighted by molar-refractivity contribution is -0.142. The minimum Gasteiger partial charge on any atom is -0.480 e. The number of carboxylic acids is 1. The van der Waals surface area contributed by atoms with Crippen LogP contribution in [0.25, 0.3) is 0 Å². The summed E-state index contributed by atoms with van der Waals surface area (Å²) in [6.07, 6.45) is 5.10. The molecule has 0 aliphatic heterocycles. The van der Waals surface area contributed by atoms with Gasteiger partial charge in [-0.3, -0.25) is 67.5 Å². The van der Waals surface area contributed by atoms with Crippen molar-refractivity contribution >= 4 is 114 Å². The van der Waals surface area contributed by atoms with Gasteiger partial charge in [-0.15, -0.1) is 0 Å². The average molecular weight is 1500 g/mol. The molecule has 2 heterocycles. The molecular weight excluding hydrogens is 1390 g/mol. The summed E-state index contributed by atoms with van der Waals surface area (Å²) < 4.78 is 0. The third kappa shape index (κ3) is 31.7. The van der Waals surface area contributed by atoms with Crippen LogP contribution in [-0.2, 0) is 81.6 Å². The Morgan fingerprint density at radius 3 is 1.24 bits per heavy atom. The number of aliphatic imine (C=N–C) groups is 2. The number of imidazole rings is 2. The number of carbonyl (C=O) groups is 13. The Hall–Kier alpha value is -10.0. The maximum absolute atomic E-state index is 14.8. The van der Waals surface area contributed by atoms with Crippen LogP contribution in [0.3, 0.4) is 0 Å². The van der Waals surface area contributed by atoms with Gasteiger partial charge in [0.2, 0.25) is 70.9 Å². The molecule has 104 heavy (non-hydrogen) atoms. The minimum absolute atomic E-state index is 0.00365. The predicted molar refractivity (Wildman–Crippen MR) is 392 cm³/mol. The predicted octanol–water partition coefficient (Wildman–Crippen LogP) is -4.98. The van der Waals surface area contributed by atoms with Crippen molar-refractivity contribution in [2.75, 3.05) is 31.1 Å². The largest absolute Gasteiger partial charge is 0.480 e. The van der Waals surface area contributed by atoms with Gasteiger partial charge in [-0.05, 0) is 68.3 Å². The van der Waals surface area contributed by atoms with Gasteiger partial charge in [0.05, 0.1) is 25.2 Å². The number of carbonyl (C=O) groups excluding carboxylic acids is 12. The molecule has 12 unspecified atom stereocenters. The van der Waals surface area contributed by atoms with Gasteiger partial charge < -0.3 is 108 Å². The third-order valence-corrected chi connectivity index (χ3v) is 16.7. The zero-order valence-corrected chi connectivity index (χ0v) is 61.7. The number of nitrogens with zero attached hydrogens (tertiary/aromatic N) is 4. The Labute approximate surface area is 614 Å². The first-order valence-electron chi connectivity index (χ1n) is 34.0. The van der Waals surface area contributed by atoms with Crippen LogP contribution in [0.5, 0.6) is 0 Å². The zero-order chi connectivity index (χ0) is 77.9. The molecule has 1 aromatic carbocycles. The van der Waals surface area contributed by atoms with Gasteiger partial charge in [0.25, 0.3) is 0 Å². The standard InChI is InChI=1S/C65H105N23O14S2/c1-32(2)21-43(58(96)87-49(33(3)4)61(99)81-42(18-14-20-74-65(69)70)55(93)86-51(35(7)8)62(100)85-47(29-104)63(101)102)82-52(90)36(9)78-54(92)41(17-13-19-73-64(67)68)80-60(98)50(34(5)6)88-59(97)44(22-37-15-11-10-12-16-37)83-57(95)46(24-39-26-72-31-77-39)84-56(94)45(23-38-25-71-30-76-38)79-48(89)27-75-53(91)40(66)28-103/h10-12,15-16,25-26,30-36,40-47,49-51,103-104H,13-14,17-24,27-29,66H2,1-9H3,(H,71,76)(H,72,77)(H,75,91)(H,78,92)(H,79,89)(H,80,98)(H,81,99)(H,82,90)(H,83,95)(H,84,94)(H,85,100)(H,86,93)(H,87,96)(H,88,97)(H,101,102)(H4,67,68,73)(H4,69,70,74). The van der Waals surface area contributed by atoms with Crippen molar-refractivity contribution in [1.29, 1.82) is 0 Å². The SMILES string of the molecule is CC(C)CC(NC(=O)C(C)NC(=O)C(CCCN=C(N)N)NC(=O)C(NC(=O)C(Cc1ccccc1)NC(=O)C(Cc1cnc[nH]1)NC(=O)C(Cc1cnc[nH]1)NC(=O)CNC(=O)C(N)CS)C(C)C)C(=O)NC(C(=O)NC(CCCN=C(N)N)C(=O)NC(C(=O)NC(CS)C(=O)O)C(C)C)C(C)C. The molecule has 39 heteroatoms. The number of rotatable bonds is 46. The molecule has 37 nitrogen and oxygen atoms in total. The number of H-pyrrole nitrogens is 2.